The lowest BCUT2D eigenvalue weighted by Gasteiger charge is -2.25. The molecule has 0 radical (unpaired) electrons. The van der Waals surface area contributed by atoms with Gasteiger partial charge in [-0.1, -0.05) is 80.9 Å². The molecule has 19 rings (SSSR count). The first-order chi connectivity index (χ1) is 60.7. The predicted octanol–water partition coefficient (Wildman–Crippen LogP) is 20.9. The predicted molar refractivity (Wildman–Crippen MR) is 465 cm³/mol. The number of rotatable bonds is 16. The van der Waals surface area contributed by atoms with Crippen molar-refractivity contribution in [2.75, 3.05) is 23.7 Å². The van der Waals surface area contributed by atoms with Gasteiger partial charge in [-0.2, -0.15) is 15.3 Å². The first-order valence-electron chi connectivity index (χ1n) is 40.3. The molecule has 0 atom stereocenters. The van der Waals surface area contributed by atoms with Crippen LogP contribution in [0.25, 0.3) is 83.2 Å². The molecule has 31 heteroatoms. The number of fused-ring (bicyclic) bond motifs is 5. The van der Waals surface area contributed by atoms with Crippen molar-refractivity contribution >= 4 is 62.6 Å². The average molecular weight is 1760 g/mol. The van der Waals surface area contributed by atoms with Crippen LogP contribution >= 0.6 is 23.4 Å². The topological polar surface area (TPSA) is 214 Å². The zero-order valence-electron chi connectivity index (χ0n) is 67.6. The van der Waals surface area contributed by atoms with E-state index < -0.39 is 85.3 Å². The number of anilines is 2. The number of aromatic nitrogens is 10. The lowest BCUT2D eigenvalue weighted by Crippen LogP contribution is -2.25. The molecule has 0 unspecified atom stereocenters. The minimum absolute atomic E-state index is 0.0191. The van der Waals surface area contributed by atoms with Gasteiger partial charge in [-0.3, -0.25) is 24.0 Å². The van der Waals surface area contributed by atoms with Crippen molar-refractivity contribution in [3.63, 3.8) is 0 Å². The Labute approximate surface area is 721 Å². The number of halogens is 11. The second kappa shape index (κ2) is 38.2. The molecule has 2 N–H and O–H groups in total. The van der Waals surface area contributed by atoms with E-state index in [-0.39, 0.29) is 73.3 Å². The van der Waals surface area contributed by atoms with Gasteiger partial charge in [-0.15, -0.1) is 10.2 Å². The Hall–Kier alpha value is -13.7. The van der Waals surface area contributed by atoms with Crippen molar-refractivity contribution in [2.24, 2.45) is 11.3 Å². The molecule has 3 aliphatic rings. The van der Waals surface area contributed by atoms with Crippen LogP contribution in [0.15, 0.2) is 271 Å². The summed E-state index contributed by atoms with van der Waals surface area (Å²) in [5.41, 5.74) is -2.40. The summed E-state index contributed by atoms with van der Waals surface area (Å²) in [7, 11) is 0. The fourth-order valence-corrected chi connectivity index (χ4v) is 15.2. The zero-order chi connectivity index (χ0) is 88.6. The third-order valence-corrected chi connectivity index (χ3v) is 22.1. The Morgan fingerprint density at radius 1 is 0.341 bits per heavy atom. The standard InChI is InChI=1S/C20H11ClF2N2OS.C20H18F2N2O2.C19H19F2N3O.C18H15F2N3O.C18H14F2N2O2/c21-12-4-6-13(7-5-12)27-18-9-8-16-20(17(26)10-11-25(16)24-18)19-14(22)2-1-3-15(19)23;21-14-7-4-8-15(22)19(14)20-16-9-10-18(23-24(16)12-11-17(20)25)26-13-5-2-1-3-6-13;1-19(2,3)11-22-16-8-7-14-18(15(25)9-10-24(14)23-16)17-12(20)5-4-6-13(17)21;19-12-2-1-3-13(20)17(12)18-14-6-7-16(21-10-11-4-5-11)22-23(14)9-8-15(18)24;19-12-5-2-6-13(20)17(12)18-14-7-8-16(24-11-3-1-4-11)21-22(14)10-9-15(18)23/h1-11H;4,7-13H,1-3,5-6H2;4-10H,11H2,1-3H3,(H,22,23);1-3,6-9,11H,4-5,10H2,(H,21,22);2,5-11H,1,3-4H2. The van der Waals surface area contributed by atoms with Crippen molar-refractivity contribution in [3.8, 4) is 67.4 Å². The first-order valence-corrected chi connectivity index (χ1v) is 41.5. The molecule has 0 spiro atoms. The van der Waals surface area contributed by atoms with Gasteiger partial charge < -0.3 is 20.1 Å². The van der Waals surface area contributed by atoms with Gasteiger partial charge >= 0.3 is 0 Å². The molecular weight excluding hydrogens is 1680 g/mol. The number of hydrogen-bond acceptors (Lipinski definition) is 15. The van der Waals surface area contributed by atoms with Crippen molar-refractivity contribution in [1.82, 2.24) is 48.1 Å². The van der Waals surface area contributed by atoms with E-state index in [4.69, 9.17) is 21.1 Å². The molecule has 3 saturated carbocycles. The van der Waals surface area contributed by atoms with Crippen LogP contribution in [0.2, 0.25) is 5.02 Å². The molecular formula is C95H77ClF10N12O7S. The van der Waals surface area contributed by atoms with Crippen LogP contribution in [0.4, 0.5) is 55.5 Å². The summed E-state index contributed by atoms with van der Waals surface area (Å²) in [6, 6.07) is 47.8. The van der Waals surface area contributed by atoms with Crippen molar-refractivity contribution in [3.05, 3.63) is 352 Å². The molecule has 3 fully saturated rings. The second-order valence-electron chi connectivity index (χ2n) is 31.2. The first kappa shape index (κ1) is 87.2. The summed E-state index contributed by atoms with van der Waals surface area (Å²) in [5, 5.41) is 29.6. The number of nitrogens with one attached hydrogen (secondary N) is 2. The minimum Gasteiger partial charge on any atom is -0.473 e. The number of benzene rings is 6. The molecule has 0 aliphatic heterocycles. The van der Waals surface area contributed by atoms with E-state index in [9.17, 15) is 67.9 Å². The number of pyridine rings is 5. The summed E-state index contributed by atoms with van der Waals surface area (Å²) in [5.74, 6) is -4.96. The second-order valence-corrected chi connectivity index (χ2v) is 32.7. The molecule has 0 amide bonds. The van der Waals surface area contributed by atoms with E-state index in [1.54, 1.807) is 72.8 Å². The minimum atomic E-state index is -0.792. The monoisotopic (exact) mass is 1750 g/mol. The maximum Gasteiger partial charge on any atom is 0.231 e. The highest BCUT2D eigenvalue weighted by atomic mass is 35.5. The summed E-state index contributed by atoms with van der Waals surface area (Å²) < 4.78 is 160. The molecule has 10 heterocycles. The van der Waals surface area contributed by atoms with Gasteiger partial charge in [-0.05, 0) is 203 Å². The Balaban J connectivity index is 0.000000122. The molecule has 3 aliphatic carbocycles. The quantitative estimate of drug-likeness (QED) is 0.0861. The maximum absolute atomic E-state index is 14.2. The van der Waals surface area contributed by atoms with Crippen LogP contribution in [0, 0.1) is 69.5 Å². The highest BCUT2D eigenvalue weighted by Gasteiger charge is 2.27. The third kappa shape index (κ3) is 20.0. The SMILES string of the molecule is CC(C)(C)CNc1ccc2c(-c3c(F)cccc3F)c(=O)ccn2n1.O=c1ccn2nc(NCC3CC3)ccc2c1-c1c(F)cccc1F.O=c1ccn2nc(OC3CCC3)ccc2c1-c1c(F)cccc1F.O=c1ccn2nc(OC3CCCCC3)ccc2c1-c1c(F)cccc1F.O=c1ccn2nc(Sc3ccc(Cl)cc3)ccc2c1-c1c(F)cccc1F. The van der Waals surface area contributed by atoms with Crippen molar-refractivity contribution < 1.29 is 53.4 Å². The van der Waals surface area contributed by atoms with Gasteiger partial charge in [0.05, 0.1) is 83.2 Å². The van der Waals surface area contributed by atoms with Gasteiger partial charge in [-0.25, -0.2) is 66.5 Å². The fraction of sp³-hybridized carbons (Fsp3) is 0.200. The molecule has 0 saturated heterocycles. The van der Waals surface area contributed by atoms with E-state index in [0.29, 0.717) is 73.5 Å². The lowest BCUT2D eigenvalue weighted by atomic mass is 9.96. The number of nitrogens with zero attached hydrogens (tertiary/aromatic N) is 10. The summed E-state index contributed by atoms with van der Waals surface area (Å²) in [6.45, 7) is 7.85. The van der Waals surface area contributed by atoms with Crippen molar-refractivity contribution in [2.45, 2.75) is 107 Å². The Morgan fingerprint density at radius 2 is 0.643 bits per heavy atom. The Bertz CT molecular complexity index is 7020. The van der Waals surface area contributed by atoms with Gasteiger partial charge in [0.15, 0.2) is 27.1 Å². The van der Waals surface area contributed by atoms with E-state index in [2.05, 4.69) is 56.9 Å². The summed E-state index contributed by atoms with van der Waals surface area (Å²) in [6.07, 6.45) is 18.8. The van der Waals surface area contributed by atoms with Gasteiger partial charge in [0.25, 0.3) is 0 Å². The number of ether oxygens (including phenoxy) is 2. The van der Waals surface area contributed by atoms with Crippen LogP contribution in [-0.4, -0.2) is 73.4 Å². The normalized spacial score (nSPS) is 13.3. The van der Waals surface area contributed by atoms with Crippen LogP contribution in [0.3, 0.4) is 0 Å². The van der Waals surface area contributed by atoms with Gasteiger partial charge in [0, 0.05) is 96.5 Å². The molecule has 0 bridgehead atoms. The Kier molecular flexibility index (Phi) is 26.4. The van der Waals surface area contributed by atoms with Crippen LogP contribution < -0.4 is 47.3 Å². The van der Waals surface area contributed by atoms with Gasteiger partial charge in [0.1, 0.15) is 87.0 Å². The van der Waals surface area contributed by atoms with E-state index >= 15 is 0 Å². The summed E-state index contributed by atoms with van der Waals surface area (Å²) >= 11 is 7.30. The fourth-order valence-electron chi connectivity index (χ4n) is 14.3. The van der Waals surface area contributed by atoms with Crippen molar-refractivity contribution in [1.29, 1.82) is 0 Å². The highest BCUT2D eigenvalue weighted by molar-refractivity contribution is 7.99. The molecule has 642 valence electrons. The van der Waals surface area contributed by atoms with E-state index in [1.165, 1.54) is 145 Å². The molecule has 6 aromatic carbocycles. The number of hydrogen-bond donors (Lipinski definition) is 2. The van der Waals surface area contributed by atoms with Crippen LogP contribution in [-0.2, 0) is 0 Å². The molecule has 19 nitrogen and oxygen atoms in total. The van der Waals surface area contributed by atoms with Crippen LogP contribution in [0.1, 0.15) is 85.0 Å². The van der Waals surface area contributed by atoms with Crippen LogP contribution in [0.5, 0.6) is 11.8 Å². The maximum atomic E-state index is 14.2. The zero-order valence-corrected chi connectivity index (χ0v) is 69.2. The third-order valence-electron chi connectivity index (χ3n) is 20.9. The average Bonchev–Trinajstić information content (AvgIpc) is 0.911. The molecule has 10 aromatic heterocycles. The highest BCUT2D eigenvalue weighted by Crippen LogP contribution is 2.37. The molecule has 126 heavy (non-hydrogen) atoms. The lowest BCUT2D eigenvalue weighted by molar-refractivity contribution is 0.113. The molecule has 16 aromatic rings. The summed E-state index contributed by atoms with van der Waals surface area (Å²) in [4.78, 5) is 62.4. The largest absolute Gasteiger partial charge is 0.473 e. The van der Waals surface area contributed by atoms with E-state index in [0.717, 1.165) is 117 Å². The van der Waals surface area contributed by atoms with Gasteiger partial charge in [0.2, 0.25) is 11.8 Å². The Morgan fingerprint density at radius 3 is 0.960 bits per heavy atom. The smallest absolute Gasteiger partial charge is 0.231 e. The van der Waals surface area contributed by atoms with E-state index in [1.807, 2.05) is 12.1 Å².